The minimum absolute atomic E-state index is 0.555. The molecule has 0 heterocycles. The first-order valence-corrected chi connectivity index (χ1v) is 18.1. The lowest BCUT2D eigenvalue weighted by Gasteiger charge is -2.36. The molecule has 0 aliphatic carbocycles. The summed E-state index contributed by atoms with van der Waals surface area (Å²) in [5, 5.41) is 0. The van der Waals surface area contributed by atoms with E-state index < -0.39 is 26.2 Å². The lowest BCUT2D eigenvalue weighted by atomic mass is 10.9. The fraction of sp³-hybridized carbons (Fsp3) is 1.00. The van der Waals surface area contributed by atoms with Gasteiger partial charge in [-0.3, -0.25) is 0 Å². The summed E-state index contributed by atoms with van der Waals surface area (Å²) in [7, 11) is -8.18. The van der Waals surface area contributed by atoms with Crippen molar-refractivity contribution >= 4 is 26.2 Å². The van der Waals surface area contributed by atoms with Crippen molar-refractivity contribution in [1.29, 1.82) is 0 Å². The van der Waals surface area contributed by atoms with Crippen molar-refractivity contribution in [2.75, 3.05) is 52.9 Å². The first-order valence-electron chi connectivity index (χ1n) is 12.0. The minimum atomic E-state index is -2.79. The topological polar surface area (TPSA) is 73.8 Å². The molecule has 0 aromatic rings. The summed E-state index contributed by atoms with van der Waals surface area (Å²) in [5.41, 5.74) is 0. The van der Waals surface area contributed by atoms with Crippen LogP contribution in [0.4, 0.5) is 0 Å². The summed E-state index contributed by atoms with van der Waals surface area (Å²) in [6, 6.07) is 2.80. The highest BCUT2D eigenvalue weighted by molar-refractivity contribution is 6.72. The number of rotatable bonds is 22. The summed E-state index contributed by atoms with van der Waals surface area (Å²) in [5.74, 6) is 0. The maximum atomic E-state index is 6.36. The van der Waals surface area contributed by atoms with Crippen LogP contribution in [0.25, 0.3) is 0 Å². The Morgan fingerprint density at radius 2 is 0.548 bits per heavy atom. The average molecular weight is 501 g/mol. The first-order chi connectivity index (χ1) is 14.9. The standard InChI is InChI=1S/C20H48O8Si3/c1-9-21-29(22-10-2,17-19-30(23-11-3,24-12-4)25-13-5)18-20-31(26-14-6,27-15-7)28-16-8/h9-20H2,1-8H3. The fourth-order valence-corrected chi connectivity index (χ4v) is 15.1. The lowest BCUT2D eigenvalue weighted by molar-refractivity contribution is 0.0700. The summed E-state index contributed by atoms with van der Waals surface area (Å²) < 4.78 is 49.1. The van der Waals surface area contributed by atoms with E-state index in [1.807, 2.05) is 55.4 Å². The molecule has 0 aromatic heterocycles. The van der Waals surface area contributed by atoms with Gasteiger partial charge in [-0.15, -0.1) is 0 Å². The van der Waals surface area contributed by atoms with Gasteiger partial charge in [0.1, 0.15) is 0 Å². The molecule has 0 spiro atoms. The highest BCUT2D eigenvalue weighted by Crippen LogP contribution is 2.32. The molecule has 0 N–H and O–H groups in total. The molecule has 0 rings (SSSR count). The van der Waals surface area contributed by atoms with Crippen molar-refractivity contribution in [3.8, 4) is 0 Å². The normalized spacial score (nSPS) is 13.2. The van der Waals surface area contributed by atoms with Gasteiger partial charge in [-0.25, -0.2) is 0 Å². The molecule has 0 unspecified atom stereocenters. The second-order valence-electron chi connectivity index (χ2n) is 6.74. The Morgan fingerprint density at radius 3 is 0.742 bits per heavy atom. The van der Waals surface area contributed by atoms with Gasteiger partial charge < -0.3 is 35.4 Å². The maximum absolute atomic E-state index is 6.36. The molecule has 0 aromatic carbocycles. The van der Waals surface area contributed by atoms with E-state index in [4.69, 9.17) is 35.4 Å². The van der Waals surface area contributed by atoms with Crippen LogP contribution >= 0.6 is 0 Å². The predicted octanol–water partition coefficient (Wildman–Crippen LogP) is 4.60. The van der Waals surface area contributed by atoms with Gasteiger partial charge in [-0.05, 0) is 67.5 Å². The van der Waals surface area contributed by atoms with Crippen LogP contribution in [-0.2, 0) is 35.4 Å². The van der Waals surface area contributed by atoms with E-state index in [1.54, 1.807) is 0 Å². The third-order valence-electron chi connectivity index (χ3n) is 4.62. The molecule has 0 aliphatic heterocycles. The Bertz CT molecular complexity index is 359. The van der Waals surface area contributed by atoms with Crippen molar-refractivity contribution in [2.24, 2.45) is 0 Å². The van der Waals surface area contributed by atoms with E-state index in [2.05, 4.69) is 0 Å². The second kappa shape index (κ2) is 17.8. The lowest BCUT2D eigenvalue weighted by Crippen LogP contribution is -2.52. The summed E-state index contributed by atoms with van der Waals surface area (Å²) in [6.07, 6.45) is 0. The van der Waals surface area contributed by atoms with Crippen molar-refractivity contribution in [3.63, 3.8) is 0 Å². The molecule has 0 atom stereocenters. The Kier molecular flexibility index (Phi) is 17.9. The number of hydrogen-bond acceptors (Lipinski definition) is 8. The Hall–Kier alpha value is 0.331. The van der Waals surface area contributed by atoms with Crippen LogP contribution in [0.5, 0.6) is 0 Å². The van der Waals surface area contributed by atoms with E-state index in [-0.39, 0.29) is 0 Å². The summed E-state index contributed by atoms with van der Waals surface area (Å²) in [4.78, 5) is 0. The van der Waals surface area contributed by atoms with Gasteiger partial charge in [-0.2, -0.15) is 0 Å². The second-order valence-corrected chi connectivity index (χ2v) is 15.6. The van der Waals surface area contributed by atoms with Crippen LogP contribution in [0, 0.1) is 0 Å². The highest BCUT2D eigenvalue weighted by atomic mass is 28.4. The third-order valence-corrected chi connectivity index (χ3v) is 15.4. The average Bonchev–Trinajstić information content (AvgIpc) is 2.72. The van der Waals surface area contributed by atoms with Crippen molar-refractivity contribution in [3.05, 3.63) is 0 Å². The smallest absolute Gasteiger partial charge is 0.394 e. The molecule has 0 bridgehead atoms. The van der Waals surface area contributed by atoms with Crippen LogP contribution in [0.15, 0.2) is 0 Å². The SMILES string of the molecule is CCO[Si](CC[Si](OCC)(OCC)OCC)(CC[Si](OCC)(OCC)OCC)OCC. The van der Waals surface area contributed by atoms with Crippen molar-refractivity contribution in [2.45, 2.75) is 79.6 Å². The van der Waals surface area contributed by atoms with Gasteiger partial charge in [0.05, 0.1) is 0 Å². The van der Waals surface area contributed by atoms with Crippen LogP contribution in [0.2, 0.25) is 24.2 Å². The quantitative estimate of drug-likeness (QED) is 0.200. The molecule has 11 heteroatoms. The van der Waals surface area contributed by atoms with E-state index in [0.717, 1.165) is 12.1 Å². The monoisotopic (exact) mass is 500 g/mol. The van der Waals surface area contributed by atoms with Crippen molar-refractivity contribution < 1.29 is 35.4 Å². The fourth-order valence-electron chi connectivity index (χ4n) is 3.67. The van der Waals surface area contributed by atoms with Crippen LogP contribution in [-0.4, -0.2) is 79.0 Å². The first kappa shape index (κ1) is 31.3. The predicted molar refractivity (Wildman–Crippen MR) is 129 cm³/mol. The van der Waals surface area contributed by atoms with Gasteiger partial charge in [0.2, 0.25) is 0 Å². The largest absolute Gasteiger partial charge is 0.500 e. The molecule has 188 valence electrons. The van der Waals surface area contributed by atoms with E-state index in [1.165, 1.54) is 0 Å². The Balaban J connectivity index is 5.69. The molecular formula is C20H48O8Si3. The van der Waals surface area contributed by atoms with Gasteiger partial charge in [0, 0.05) is 64.9 Å². The van der Waals surface area contributed by atoms with Crippen LogP contribution in [0.1, 0.15) is 55.4 Å². The maximum Gasteiger partial charge on any atom is 0.500 e. The van der Waals surface area contributed by atoms with E-state index >= 15 is 0 Å². The molecule has 0 saturated heterocycles. The van der Waals surface area contributed by atoms with Gasteiger partial charge in [0.25, 0.3) is 0 Å². The molecule has 31 heavy (non-hydrogen) atoms. The van der Waals surface area contributed by atoms with E-state index in [9.17, 15) is 0 Å². The zero-order chi connectivity index (χ0) is 23.6. The van der Waals surface area contributed by atoms with Gasteiger partial charge in [-0.1, -0.05) is 0 Å². The Morgan fingerprint density at radius 1 is 0.323 bits per heavy atom. The molecular weight excluding hydrogens is 452 g/mol. The molecule has 0 saturated carbocycles. The summed E-state index contributed by atoms with van der Waals surface area (Å²) in [6.45, 7) is 20.4. The van der Waals surface area contributed by atoms with Gasteiger partial charge >= 0.3 is 26.2 Å². The third kappa shape index (κ3) is 11.3. The molecule has 0 radical (unpaired) electrons. The zero-order valence-electron chi connectivity index (χ0n) is 21.3. The summed E-state index contributed by atoms with van der Waals surface area (Å²) >= 11 is 0. The molecule has 0 fully saturated rings. The Labute approximate surface area is 194 Å². The minimum Gasteiger partial charge on any atom is -0.394 e. The molecule has 8 nitrogen and oxygen atoms in total. The van der Waals surface area contributed by atoms with Crippen LogP contribution < -0.4 is 0 Å². The highest BCUT2D eigenvalue weighted by Gasteiger charge is 2.50. The number of hydrogen-bond donors (Lipinski definition) is 0. The molecule has 0 amide bonds. The molecule has 0 aliphatic rings. The van der Waals surface area contributed by atoms with E-state index in [0.29, 0.717) is 64.9 Å². The van der Waals surface area contributed by atoms with Gasteiger partial charge in [0.15, 0.2) is 0 Å². The van der Waals surface area contributed by atoms with Crippen molar-refractivity contribution in [1.82, 2.24) is 0 Å². The zero-order valence-corrected chi connectivity index (χ0v) is 24.3. The van der Waals surface area contributed by atoms with Crippen LogP contribution in [0.3, 0.4) is 0 Å².